The second kappa shape index (κ2) is 6.15. The summed E-state index contributed by atoms with van der Waals surface area (Å²) in [5.41, 5.74) is -0.148. The zero-order chi connectivity index (χ0) is 14.8. The lowest BCUT2D eigenvalue weighted by Crippen LogP contribution is -2.46. The topological polar surface area (TPSA) is 40.5 Å². The third-order valence-corrected chi connectivity index (χ3v) is 4.36. The van der Waals surface area contributed by atoms with E-state index < -0.39 is 11.5 Å². The molecule has 0 radical (unpaired) electrons. The molecule has 1 amide bonds. The summed E-state index contributed by atoms with van der Waals surface area (Å²) >= 11 is 6.05. The van der Waals surface area contributed by atoms with Gasteiger partial charge >= 0.3 is 0 Å². The van der Waals surface area contributed by atoms with Crippen LogP contribution in [0.1, 0.15) is 43.6 Å². The predicted octanol–water partition coefficient (Wildman–Crippen LogP) is 3.21. The van der Waals surface area contributed by atoms with E-state index >= 15 is 0 Å². The predicted molar refractivity (Wildman–Crippen MR) is 80.9 cm³/mol. The molecular formula is C16H22ClNO2. The summed E-state index contributed by atoms with van der Waals surface area (Å²) in [5.74, 6) is -0.590. The van der Waals surface area contributed by atoms with Gasteiger partial charge in [-0.25, -0.2) is 0 Å². The maximum absolute atomic E-state index is 12.6. The number of halogens is 1. The second-order valence-corrected chi connectivity index (χ2v) is 6.32. The molecule has 1 aromatic carbocycles. The maximum Gasteiger partial charge on any atom is 0.232 e. The largest absolute Gasteiger partial charge is 0.389 e. The van der Waals surface area contributed by atoms with Crippen LogP contribution in [0.25, 0.3) is 0 Å². The number of aliphatic hydroxyl groups is 1. The normalized spacial score (nSPS) is 19.4. The molecule has 2 rings (SSSR count). The van der Waals surface area contributed by atoms with Gasteiger partial charge in [0.05, 0.1) is 11.5 Å². The van der Waals surface area contributed by atoms with E-state index in [9.17, 15) is 9.90 Å². The van der Waals surface area contributed by atoms with E-state index in [0.717, 1.165) is 24.8 Å². The first-order chi connectivity index (χ1) is 9.44. The Kier molecular flexibility index (Phi) is 4.71. The lowest BCUT2D eigenvalue weighted by Gasteiger charge is -2.39. The molecule has 0 aromatic heterocycles. The SMILES string of the molecule is CN(C)C(=O)C(c1cccc(Cl)c1)C1(O)CCCCC1. The van der Waals surface area contributed by atoms with E-state index in [2.05, 4.69) is 0 Å². The van der Waals surface area contributed by atoms with Crippen LogP contribution in [0.15, 0.2) is 24.3 Å². The first kappa shape index (κ1) is 15.3. The number of carbonyl (C=O) groups is 1. The van der Waals surface area contributed by atoms with Gasteiger partial charge in [-0.1, -0.05) is 43.0 Å². The number of benzene rings is 1. The smallest absolute Gasteiger partial charge is 0.232 e. The summed E-state index contributed by atoms with van der Waals surface area (Å²) in [4.78, 5) is 14.1. The Labute approximate surface area is 125 Å². The molecule has 1 atom stereocenters. The minimum absolute atomic E-state index is 0.0586. The van der Waals surface area contributed by atoms with Crippen molar-refractivity contribution >= 4 is 17.5 Å². The van der Waals surface area contributed by atoms with Crippen LogP contribution in [0.5, 0.6) is 0 Å². The second-order valence-electron chi connectivity index (χ2n) is 5.88. The van der Waals surface area contributed by atoms with Crippen LogP contribution in [0.2, 0.25) is 5.02 Å². The molecule has 1 saturated carbocycles. The Balaban J connectivity index is 2.41. The average molecular weight is 296 g/mol. The highest BCUT2D eigenvalue weighted by atomic mass is 35.5. The Morgan fingerprint density at radius 2 is 1.95 bits per heavy atom. The molecule has 1 fully saturated rings. The fourth-order valence-electron chi connectivity index (χ4n) is 3.08. The molecule has 1 unspecified atom stereocenters. The van der Waals surface area contributed by atoms with Gasteiger partial charge in [-0.3, -0.25) is 4.79 Å². The van der Waals surface area contributed by atoms with Gasteiger partial charge < -0.3 is 10.0 Å². The molecular weight excluding hydrogens is 274 g/mol. The van der Waals surface area contributed by atoms with Crippen molar-refractivity contribution in [2.45, 2.75) is 43.6 Å². The Bertz CT molecular complexity index is 481. The monoisotopic (exact) mass is 295 g/mol. The summed E-state index contributed by atoms with van der Waals surface area (Å²) < 4.78 is 0. The minimum atomic E-state index is -0.954. The molecule has 110 valence electrons. The van der Waals surface area contributed by atoms with E-state index in [1.54, 1.807) is 31.1 Å². The van der Waals surface area contributed by atoms with Crippen LogP contribution in [0.3, 0.4) is 0 Å². The third kappa shape index (κ3) is 3.15. The van der Waals surface area contributed by atoms with Gasteiger partial charge in [-0.2, -0.15) is 0 Å². The number of likely N-dealkylation sites (N-methyl/N-ethyl adjacent to an activating group) is 1. The fourth-order valence-corrected chi connectivity index (χ4v) is 3.28. The van der Waals surface area contributed by atoms with Crippen LogP contribution in [-0.4, -0.2) is 35.6 Å². The van der Waals surface area contributed by atoms with Crippen molar-refractivity contribution in [2.75, 3.05) is 14.1 Å². The standard InChI is InChI=1S/C16H22ClNO2/c1-18(2)15(19)14(12-7-6-8-13(17)11-12)16(20)9-4-3-5-10-16/h6-8,11,14,20H,3-5,9-10H2,1-2H3. The molecule has 0 bridgehead atoms. The highest BCUT2D eigenvalue weighted by Crippen LogP contribution is 2.41. The van der Waals surface area contributed by atoms with E-state index in [-0.39, 0.29) is 5.91 Å². The Morgan fingerprint density at radius 3 is 2.50 bits per heavy atom. The lowest BCUT2D eigenvalue weighted by atomic mass is 9.72. The van der Waals surface area contributed by atoms with Crippen molar-refractivity contribution < 1.29 is 9.90 Å². The highest BCUT2D eigenvalue weighted by molar-refractivity contribution is 6.30. The van der Waals surface area contributed by atoms with Crippen LogP contribution >= 0.6 is 11.6 Å². The van der Waals surface area contributed by atoms with Gasteiger partial charge in [0, 0.05) is 19.1 Å². The molecule has 1 aromatic rings. The van der Waals surface area contributed by atoms with E-state index in [4.69, 9.17) is 11.6 Å². The average Bonchev–Trinajstić information content (AvgIpc) is 2.39. The quantitative estimate of drug-likeness (QED) is 0.930. The molecule has 0 aliphatic heterocycles. The summed E-state index contributed by atoms with van der Waals surface area (Å²) in [6.07, 6.45) is 4.40. The van der Waals surface area contributed by atoms with Gasteiger partial charge in [0.25, 0.3) is 0 Å². The van der Waals surface area contributed by atoms with Gasteiger partial charge in [-0.05, 0) is 30.5 Å². The molecule has 1 aliphatic carbocycles. The van der Waals surface area contributed by atoms with Gasteiger partial charge in [0.1, 0.15) is 0 Å². The van der Waals surface area contributed by atoms with Gasteiger partial charge in [-0.15, -0.1) is 0 Å². The van der Waals surface area contributed by atoms with Crippen LogP contribution in [-0.2, 0) is 4.79 Å². The van der Waals surface area contributed by atoms with Gasteiger partial charge in [0.15, 0.2) is 0 Å². The molecule has 20 heavy (non-hydrogen) atoms. The van der Waals surface area contributed by atoms with Crippen molar-refractivity contribution in [3.8, 4) is 0 Å². The van der Waals surface area contributed by atoms with Crippen molar-refractivity contribution in [1.29, 1.82) is 0 Å². The highest BCUT2D eigenvalue weighted by Gasteiger charge is 2.43. The van der Waals surface area contributed by atoms with Crippen LogP contribution < -0.4 is 0 Å². The fraction of sp³-hybridized carbons (Fsp3) is 0.562. The van der Waals surface area contributed by atoms with Gasteiger partial charge in [0.2, 0.25) is 5.91 Å². The van der Waals surface area contributed by atoms with Crippen molar-refractivity contribution in [2.24, 2.45) is 0 Å². The van der Waals surface area contributed by atoms with E-state index in [1.165, 1.54) is 0 Å². The zero-order valence-corrected chi connectivity index (χ0v) is 12.9. The molecule has 4 heteroatoms. The maximum atomic E-state index is 12.6. The van der Waals surface area contributed by atoms with E-state index in [1.807, 2.05) is 12.1 Å². The number of nitrogens with zero attached hydrogens (tertiary/aromatic N) is 1. The number of carbonyl (C=O) groups excluding carboxylic acids is 1. The molecule has 3 nitrogen and oxygen atoms in total. The summed E-state index contributed by atoms with van der Waals surface area (Å²) in [6, 6.07) is 7.29. The number of hydrogen-bond donors (Lipinski definition) is 1. The van der Waals surface area contributed by atoms with Crippen molar-refractivity contribution in [3.05, 3.63) is 34.9 Å². The van der Waals surface area contributed by atoms with Crippen LogP contribution in [0.4, 0.5) is 0 Å². The van der Waals surface area contributed by atoms with Crippen LogP contribution in [0, 0.1) is 0 Å². The first-order valence-corrected chi connectivity index (χ1v) is 7.51. The minimum Gasteiger partial charge on any atom is -0.389 e. The zero-order valence-electron chi connectivity index (χ0n) is 12.1. The van der Waals surface area contributed by atoms with Crippen molar-refractivity contribution in [1.82, 2.24) is 4.90 Å². The third-order valence-electron chi connectivity index (χ3n) is 4.13. The molecule has 1 N–H and O–H groups in total. The van der Waals surface area contributed by atoms with Crippen molar-refractivity contribution in [3.63, 3.8) is 0 Å². The Morgan fingerprint density at radius 1 is 1.30 bits per heavy atom. The summed E-state index contributed by atoms with van der Waals surface area (Å²) in [5, 5.41) is 11.6. The number of amides is 1. The number of hydrogen-bond acceptors (Lipinski definition) is 2. The first-order valence-electron chi connectivity index (χ1n) is 7.13. The molecule has 1 aliphatic rings. The summed E-state index contributed by atoms with van der Waals surface area (Å²) in [6.45, 7) is 0. The molecule has 0 saturated heterocycles. The van der Waals surface area contributed by atoms with E-state index in [0.29, 0.717) is 17.9 Å². The lowest BCUT2D eigenvalue weighted by molar-refractivity contribution is -0.139. The number of rotatable bonds is 3. The molecule has 0 spiro atoms. The summed E-state index contributed by atoms with van der Waals surface area (Å²) in [7, 11) is 3.46. The molecule has 0 heterocycles. The Hall–Kier alpha value is -1.06.